The fourth-order valence-corrected chi connectivity index (χ4v) is 4.53. The van der Waals surface area contributed by atoms with Gasteiger partial charge in [0.25, 0.3) is 0 Å². The van der Waals surface area contributed by atoms with Crippen LogP contribution in [-0.4, -0.2) is 73.0 Å². The van der Waals surface area contributed by atoms with Crippen molar-refractivity contribution in [1.82, 2.24) is 21.3 Å². The van der Waals surface area contributed by atoms with Crippen LogP contribution in [0.25, 0.3) is 0 Å². The zero-order valence-electron chi connectivity index (χ0n) is 16.4. The summed E-state index contributed by atoms with van der Waals surface area (Å²) in [6.07, 6.45) is 0.917. The van der Waals surface area contributed by atoms with Gasteiger partial charge in [0.15, 0.2) is 0 Å². The molecule has 2 aliphatic rings. The van der Waals surface area contributed by atoms with Crippen molar-refractivity contribution >= 4 is 35.4 Å². The summed E-state index contributed by atoms with van der Waals surface area (Å²) in [5.41, 5.74) is 0. The van der Waals surface area contributed by atoms with Gasteiger partial charge in [0, 0.05) is 49.3 Å². The Hall–Kier alpha value is -1.81. The van der Waals surface area contributed by atoms with Gasteiger partial charge in [-0.05, 0) is 0 Å². The van der Waals surface area contributed by atoms with Gasteiger partial charge in [-0.2, -0.15) is 11.8 Å². The number of rotatable bonds is 12. The Morgan fingerprint density at radius 2 is 1.86 bits per heavy atom. The van der Waals surface area contributed by atoms with Gasteiger partial charge >= 0.3 is 6.03 Å². The first-order valence-electron chi connectivity index (χ1n) is 9.69. The fraction of sp³-hybridized carbons (Fsp3) is 0.778. The Morgan fingerprint density at radius 1 is 1.11 bits per heavy atom. The minimum atomic E-state index is -0.162. The lowest BCUT2D eigenvalue weighted by Crippen LogP contribution is -2.40. The molecule has 0 spiro atoms. The van der Waals surface area contributed by atoms with E-state index >= 15 is 0 Å². The van der Waals surface area contributed by atoms with Crippen LogP contribution in [0.2, 0.25) is 0 Å². The third-order valence-corrected chi connectivity index (χ3v) is 6.14. The Morgan fingerprint density at radius 3 is 2.61 bits per heavy atom. The summed E-state index contributed by atoms with van der Waals surface area (Å²) in [5, 5.41) is 11.3. The number of hydrogen-bond acceptors (Lipinski definition) is 6. The maximum atomic E-state index is 12.0. The molecule has 2 aliphatic heterocycles. The van der Waals surface area contributed by atoms with Crippen LogP contribution >= 0.6 is 11.8 Å². The van der Waals surface area contributed by atoms with E-state index in [0.717, 1.165) is 5.75 Å². The molecule has 0 aromatic heterocycles. The van der Waals surface area contributed by atoms with Crippen molar-refractivity contribution in [2.75, 3.05) is 32.1 Å². The molecule has 3 unspecified atom stereocenters. The van der Waals surface area contributed by atoms with Crippen molar-refractivity contribution in [1.29, 1.82) is 0 Å². The summed E-state index contributed by atoms with van der Waals surface area (Å²) < 4.78 is 5.36. The molecule has 0 aliphatic carbocycles. The van der Waals surface area contributed by atoms with Crippen molar-refractivity contribution in [3.8, 4) is 0 Å². The van der Waals surface area contributed by atoms with E-state index in [1.807, 2.05) is 13.8 Å². The summed E-state index contributed by atoms with van der Waals surface area (Å²) >= 11 is 1.69. The third kappa shape index (κ3) is 7.31. The van der Waals surface area contributed by atoms with Crippen LogP contribution in [0.1, 0.15) is 33.1 Å². The maximum Gasteiger partial charge on any atom is 0.315 e. The number of fused-ring (bicyclic) bond motifs is 1. The number of amides is 4. The first-order chi connectivity index (χ1) is 13.4. The Bertz CT molecular complexity index is 586. The molecule has 3 atom stereocenters. The molecule has 0 aromatic carbocycles. The molecule has 2 heterocycles. The molecule has 28 heavy (non-hydrogen) atoms. The quantitative estimate of drug-likeness (QED) is 0.259. The Labute approximate surface area is 169 Å². The summed E-state index contributed by atoms with van der Waals surface area (Å²) in [6, 6.07) is -0.0493. The lowest BCUT2D eigenvalue weighted by atomic mass is 10.1. The van der Waals surface area contributed by atoms with Gasteiger partial charge in [-0.3, -0.25) is 14.4 Å². The fourth-order valence-electron chi connectivity index (χ4n) is 3.05. The van der Waals surface area contributed by atoms with Crippen molar-refractivity contribution in [3.63, 3.8) is 0 Å². The smallest absolute Gasteiger partial charge is 0.315 e. The van der Waals surface area contributed by atoms with E-state index in [1.54, 1.807) is 11.8 Å². The average molecular weight is 415 g/mol. The second kappa shape index (κ2) is 11.3. The number of ether oxygens (including phenoxy) is 1. The molecular weight excluding hydrogens is 384 g/mol. The minimum Gasteiger partial charge on any atom is -0.379 e. The monoisotopic (exact) mass is 414 g/mol. The Balaban J connectivity index is 1.46. The van der Waals surface area contributed by atoms with Crippen molar-refractivity contribution < 1.29 is 23.9 Å². The highest BCUT2D eigenvalue weighted by Gasteiger charge is 2.43. The van der Waals surface area contributed by atoms with Crippen molar-refractivity contribution in [2.24, 2.45) is 5.92 Å². The molecule has 2 fully saturated rings. The Kier molecular flexibility index (Phi) is 9.04. The van der Waals surface area contributed by atoms with Crippen LogP contribution in [0, 0.1) is 5.92 Å². The van der Waals surface area contributed by atoms with Crippen molar-refractivity contribution in [3.05, 3.63) is 0 Å². The second-order valence-corrected chi connectivity index (χ2v) is 8.53. The number of carbonyl (C=O) groups excluding carboxylic acids is 4. The van der Waals surface area contributed by atoms with Crippen LogP contribution < -0.4 is 21.3 Å². The predicted molar refractivity (Wildman–Crippen MR) is 106 cm³/mol. The van der Waals surface area contributed by atoms with Gasteiger partial charge in [0.05, 0.1) is 25.3 Å². The lowest BCUT2D eigenvalue weighted by molar-refractivity contribution is -0.124. The normalized spacial score (nSPS) is 23.1. The number of nitrogens with one attached hydrogen (secondary N) is 4. The molecule has 9 nitrogen and oxygen atoms in total. The molecule has 0 radical (unpaired) electrons. The van der Waals surface area contributed by atoms with E-state index in [2.05, 4.69) is 21.3 Å². The molecule has 2 rings (SSSR count). The molecule has 0 saturated carbocycles. The standard InChI is InChI=1S/C18H30N4O5S/c1-11(2)13(23)3-5-19-15(24)4-7-27-8-6-20-16(25)9-14-17-12(10-28-14)21-18(26)22-17/h11-12,14,17H,3-10H2,1-2H3,(H,19,24)(H,20,25)(H2,21,22,26). The van der Waals surface area contributed by atoms with E-state index in [-0.39, 0.29) is 59.9 Å². The topological polar surface area (TPSA) is 126 Å². The zero-order chi connectivity index (χ0) is 20.5. The highest BCUT2D eigenvalue weighted by Crippen LogP contribution is 2.31. The van der Waals surface area contributed by atoms with Gasteiger partial charge < -0.3 is 26.0 Å². The number of carbonyl (C=O) groups is 4. The van der Waals surface area contributed by atoms with E-state index in [1.165, 1.54) is 0 Å². The summed E-state index contributed by atoms with van der Waals surface area (Å²) in [6.45, 7) is 4.99. The average Bonchev–Trinajstić information content (AvgIpc) is 3.17. The number of urea groups is 1. The van der Waals surface area contributed by atoms with Crippen LogP contribution in [0.15, 0.2) is 0 Å². The van der Waals surface area contributed by atoms with E-state index < -0.39 is 0 Å². The van der Waals surface area contributed by atoms with Gasteiger partial charge in [0.2, 0.25) is 11.8 Å². The number of Topliss-reactive ketones (excluding diaryl/α,β-unsaturated/α-hetero) is 1. The molecule has 158 valence electrons. The molecule has 4 amide bonds. The molecule has 4 N–H and O–H groups in total. The zero-order valence-corrected chi connectivity index (χ0v) is 17.2. The van der Waals surface area contributed by atoms with Crippen molar-refractivity contribution in [2.45, 2.75) is 50.4 Å². The van der Waals surface area contributed by atoms with Gasteiger partial charge in [0.1, 0.15) is 5.78 Å². The highest BCUT2D eigenvalue weighted by molar-refractivity contribution is 8.00. The summed E-state index contributed by atoms with van der Waals surface area (Å²) in [7, 11) is 0. The minimum absolute atomic E-state index is 0.00819. The molecule has 0 bridgehead atoms. The second-order valence-electron chi connectivity index (χ2n) is 7.26. The summed E-state index contributed by atoms with van der Waals surface area (Å²) in [4.78, 5) is 46.4. The maximum absolute atomic E-state index is 12.0. The van der Waals surface area contributed by atoms with Gasteiger partial charge in [-0.1, -0.05) is 13.8 Å². The van der Waals surface area contributed by atoms with Gasteiger partial charge in [-0.15, -0.1) is 0 Å². The van der Waals surface area contributed by atoms with Crippen LogP contribution in [-0.2, 0) is 19.1 Å². The van der Waals surface area contributed by atoms with Crippen LogP contribution in [0.3, 0.4) is 0 Å². The largest absolute Gasteiger partial charge is 0.379 e. The van der Waals surface area contributed by atoms with Crippen LogP contribution in [0.5, 0.6) is 0 Å². The lowest BCUT2D eigenvalue weighted by Gasteiger charge is -2.16. The number of thioether (sulfide) groups is 1. The van der Waals surface area contributed by atoms with E-state index in [0.29, 0.717) is 32.5 Å². The predicted octanol–water partition coefficient (Wildman–Crippen LogP) is -0.204. The number of hydrogen-bond donors (Lipinski definition) is 4. The van der Waals surface area contributed by atoms with Gasteiger partial charge in [-0.25, -0.2) is 4.79 Å². The SMILES string of the molecule is CC(C)C(=O)CCNC(=O)CCOCCNC(=O)CC1SCC2NC(=O)NC21. The first-order valence-corrected chi connectivity index (χ1v) is 10.7. The van der Waals surface area contributed by atoms with E-state index in [9.17, 15) is 19.2 Å². The first kappa shape index (κ1) is 22.5. The third-order valence-electron chi connectivity index (χ3n) is 4.70. The van der Waals surface area contributed by atoms with E-state index in [4.69, 9.17) is 4.74 Å². The molecule has 10 heteroatoms. The molecule has 2 saturated heterocycles. The number of ketones is 1. The van der Waals surface area contributed by atoms with Crippen LogP contribution in [0.4, 0.5) is 4.79 Å². The molecule has 0 aromatic rings. The highest BCUT2D eigenvalue weighted by atomic mass is 32.2. The summed E-state index contributed by atoms with van der Waals surface area (Å²) in [5.74, 6) is 0.706. The molecular formula is C18H30N4O5S.